The predicted molar refractivity (Wildman–Crippen MR) is 84.9 cm³/mol. The number of hydrogen-bond acceptors (Lipinski definition) is 2. The van der Waals surface area contributed by atoms with Crippen LogP contribution < -0.4 is 9.47 Å². The normalized spacial score (nSPS) is 16.3. The van der Waals surface area contributed by atoms with Crippen LogP contribution in [0.25, 0.3) is 11.1 Å². The van der Waals surface area contributed by atoms with E-state index in [4.69, 9.17) is 9.47 Å². The van der Waals surface area contributed by atoms with Crippen LogP contribution in [0.15, 0.2) is 66.7 Å². The van der Waals surface area contributed by atoms with Crippen LogP contribution in [0.4, 0.5) is 0 Å². The zero-order valence-corrected chi connectivity index (χ0v) is 12.0. The van der Waals surface area contributed by atoms with Crippen LogP contribution in [0, 0.1) is 12.1 Å². The van der Waals surface area contributed by atoms with E-state index in [2.05, 4.69) is 24.3 Å². The molecule has 0 aromatic heterocycles. The molecular formula is C20H14O2. The molecule has 2 radical (unpaired) electrons. The minimum Gasteiger partial charge on any atom is -0.489 e. The molecule has 22 heavy (non-hydrogen) atoms. The van der Waals surface area contributed by atoms with Crippen molar-refractivity contribution < 1.29 is 9.47 Å². The fourth-order valence-electron chi connectivity index (χ4n) is 2.64. The van der Waals surface area contributed by atoms with Gasteiger partial charge in [-0.2, -0.15) is 0 Å². The maximum absolute atomic E-state index is 6.20. The second-order valence-corrected chi connectivity index (χ2v) is 5.15. The molecule has 106 valence electrons. The number of benzene rings is 3. The highest BCUT2D eigenvalue weighted by Crippen LogP contribution is 2.39. The first-order valence-corrected chi connectivity index (χ1v) is 7.28. The van der Waals surface area contributed by atoms with Gasteiger partial charge in [0.15, 0.2) is 6.10 Å². The Morgan fingerprint density at radius 3 is 2.23 bits per heavy atom. The van der Waals surface area contributed by atoms with E-state index in [1.807, 2.05) is 54.6 Å². The van der Waals surface area contributed by atoms with Gasteiger partial charge in [-0.3, -0.25) is 0 Å². The number of ether oxygens (including phenoxy) is 2. The van der Waals surface area contributed by atoms with Gasteiger partial charge < -0.3 is 9.47 Å². The molecule has 4 rings (SSSR count). The van der Waals surface area contributed by atoms with E-state index >= 15 is 0 Å². The Hall–Kier alpha value is -2.74. The molecule has 2 heteroatoms. The van der Waals surface area contributed by atoms with Gasteiger partial charge in [0.05, 0.1) is 0 Å². The molecule has 0 fully saturated rings. The molecule has 2 nitrogen and oxygen atoms in total. The molecule has 1 heterocycles. The van der Waals surface area contributed by atoms with E-state index in [1.165, 1.54) is 0 Å². The van der Waals surface area contributed by atoms with Gasteiger partial charge in [0.1, 0.15) is 18.1 Å². The molecule has 0 unspecified atom stereocenters. The molecule has 0 amide bonds. The third-order valence-corrected chi connectivity index (χ3v) is 3.72. The zero-order chi connectivity index (χ0) is 14.8. The summed E-state index contributed by atoms with van der Waals surface area (Å²) in [6.07, 6.45) is -0.149. The third-order valence-electron chi connectivity index (χ3n) is 3.72. The lowest BCUT2D eigenvalue weighted by atomic mass is 10.0. The van der Waals surface area contributed by atoms with E-state index < -0.39 is 0 Å². The molecule has 3 aromatic rings. The summed E-state index contributed by atoms with van der Waals surface area (Å²) in [5.74, 6) is 1.62. The van der Waals surface area contributed by atoms with Crippen LogP contribution in [0.1, 0.15) is 11.7 Å². The summed E-state index contributed by atoms with van der Waals surface area (Å²) in [6, 6.07) is 28.2. The molecule has 1 atom stereocenters. The summed E-state index contributed by atoms with van der Waals surface area (Å²) in [5, 5.41) is 0. The molecule has 0 saturated heterocycles. The van der Waals surface area contributed by atoms with Crippen LogP contribution in [0.5, 0.6) is 11.5 Å². The Labute approximate surface area is 129 Å². The predicted octanol–water partition coefficient (Wildman–Crippen LogP) is 4.47. The monoisotopic (exact) mass is 286 g/mol. The topological polar surface area (TPSA) is 18.5 Å². The Morgan fingerprint density at radius 2 is 1.45 bits per heavy atom. The van der Waals surface area contributed by atoms with Gasteiger partial charge in [-0.1, -0.05) is 54.6 Å². The summed E-state index contributed by atoms with van der Waals surface area (Å²) < 4.78 is 12.2. The van der Waals surface area contributed by atoms with Gasteiger partial charge in [-0.05, 0) is 29.8 Å². The van der Waals surface area contributed by atoms with Crippen molar-refractivity contribution in [3.8, 4) is 22.6 Å². The van der Waals surface area contributed by atoms with E-state index in [1.54, 1.807) is 0 Å². The minimum atomic E-state index is -0.149. The lowest BCUT2D eigenvalue weighted by Crippen LogP contribution is -2.19. The highest BCUT2D eigenvalue weighted by Gasteiger charge is 2.21. The summed E-state index contributed by atoms with van der Waals surface area (Å²) >= 11 is 0. The second kappa shape index (κ2) is 5.57. The highest BCUT2D eigenvalue weighted by molar-refractivity contribution is 5.75. The SMILES string of the molecule is [c]1cccc2c1-c1[c]cccc1O[C@@H](c1ccccc1)CO2. The fourth-order valence-corrected chi connectivity index (χ4v) is 2.64. The second-order valence-electron chi connectivity index (χ2n) is 5.15. The van der Waals surface area contributed by atoms with Crippen molar-refractivity contribution in [2.45, 2.75) is 6.10 Å². The number of rotatable bonds is 1. The van der Waals surface area contributed by atoms with Crippen LogP contribution in [-0.2, 0) is 0 Å². The van der Waals surface area contributed by atoms with E-state index in [-0.39, 0.29) is 6.10 Å². The third kappa shape index (κ3) is 2.33. The summed E-state index contributed by atoms with van der Waals surface area (Å²) in [6.45, 7) is 0.462. The van der Waals surface area contributed by atoms with Crippen LogP contribution in [0.2, 0.25) is 0 Å². The maximum atomic E-state index is 6.20. The van der Waals surface area contributed by atoms with E-state index in [0.29, 0.717) is 6.61 Å². The molecule has 1 aliphatic rings. The smallest absolute Gasteiger partial charge is 0.158 e. The maximum Gasteiger partial charge on any atom is 0.158 e. The Kier molecular flexibility index (Phi) is 3.28. The quantitative estimate of drug-likeness (QED) is 0.657. The van der Waals surface area contributed by atoms with Crippen molar-refractivity contribution in [3.05, 3.63) is 84.4 Å². The van der Waals surface area contributed by atoms with E-state index in [0.717, 1.165) is 28.2 Å². The van der Waals surface area contributed by atoms with Gasteiger partial charge in [-0.25, -0.2) is 0 Å². The average molecular weight is 286 g/mol. The Balaban J connectivity index is 1.81. The van der Waals surface area contributed by atoms with Crippen molar-refractivity contribution in [3.63, 3.8) is 0 Å². The van der Waals surface area contributed by atoms with Gasteiger partial charge in [0, 0.05) is 11.1 Å². The van der Waals surface area contributed by atoms with Crippen molar-refractivity contribution in [2.24, 2.45) is 0 Å². The standard InChI is InChI=1S/C20H14O2/c1-2-8-15(9-3-1)20-14-21-18-12-6-4-10-16(18)17-11-5-7-13-19(17)22-20/h1-9,12-13,20H,14H2/t20-/m1/s1. The number of hydrogen-bond donors (Lipinski definition) is 0. The lowest BCUT2D eigenvalue weighted by Gasteiger charge is -2.25. The number of fused-ring (bicyclic) bond motifs is 3. The molecular weight excluding hydrogens is 272 g/mol. The first-order valence-electron chi connectivity index (χ1n) is 7.28. The van der Waals surface area contributed by atoms with Gasteiger partial charge >= 0.3 is 0 Å². The molecule has 0 bridgehead atoms. The van der Waals surface area contributed by atoms with Gasteiger partial charge in [0.25, 0.3) is 0 Å². The first kappa shape index (κ1) is 13.0. The minimum absolute atomic E-state index is 0.149. The van der Waals surface area contributed by atoms with Gasteiger partial charge in [0.2, 0.25) is 0 Å². The zero-order valence-electron chi connectivity index (χ0n) is 12.0. The molecule has 0 spiro atoms. The van der Waals surface area contributed by atoms with E-state index in [9.17, 15) is 0 Å². The van der Waals surface area contributed by atoms with Gasteiger partial charge in [-0.15, -0.1) is 0 Å². The van der Waals surface area contributed by atoms with Crippen molar-refractivity contribution in [1.29, 1.82) is 0 Å². The lowest BCUT2D eigenvalue weighted by molar-refractivity contribution is 0.127. The molecule has 0 N–H and O–H groups in total. The summed E-state index contributed by atoms with van der Waals surface area (Å²) in [5.41, 5.74) is 2.88. The first-order chi connectivity index (χ1) is 10.9. The molecule has 0 aliphatic carbocycles. The van der Waals surface area contributed by atoms with Crippen molar-refractivity contribution >= 4 is 0 Å². The van der Waals surface area contributed by atoms with Crippen LogP contribution in [-0.4, -0.2) is 6.61 Å². The Morgan fingerprint density at radius 1 is 0.773 bits per heavy atom. The molecule has 3 aromatic carbocycles. The molecule has 1 aliphatic heterocycles. The van der Waals surface area contributed by atoms with Crippen molar-refractivity contribution in [1.82, 2.24) is 0 Å². The van der Waals surface area contributed by atoms with Crippen molar-refractivity contribution in [2.75, 3.05) is 6.61 Å². The van der Waals surface area contributed by atoms with Crippen LogP contribution in [0.3, 0.4) is 0 Å². The largest absolute Gasteiger partial charge is 0.489 e. The summed E-state index contributed by atoms with van der Waals surface area (Å²) in [7, 11) is 0. The fraction of sp³-hybridized carbons (Fsp3) is 0.100. The highest BCUT2D eigenvalue weighted by atomic mass is 16.5. The average Bonchev–Trinajstić information content (AvgIpc) is 2.58. The molecule has 0 saturated carbocycles. The Bertz CT molecular complexity index is 780. The summed E-state index contributed by atoms with van der Waals surface area (Å²) in [4.78, 5) is 0. The van der Waals surface area contributed by atoms with Crippen LogP contribution >= 0.6 is 0 Å².